The summed E-state index contributed by atoms with van der Waals surface area (Å²) in [7, 11) is 0. The first-order chi connectivity index (χ1) is 10.6. The van der Waals surface area contributed by atoms with Gasteiger partial charge in [-0.05, 0) is 18.2 Å². The predicted molar refractivity (Wildman–Crippen MR) is 77.1 cm³/mol. The van der Waals surface area contributed by atoms with Crippen molar-refractivity contribution in [2.24, 2.45) is 0 Å². The smallest absolute Gasteiger partial charge is 0.359 e. The zero-order valence-electron chi connectivity index (χ0n) is 11.1. The van der Waals surface area contributed by atoms with Gasteiger partial charge in [0.25, 0.3) is 5.91 Å². The molecule has 0 spiro atoms. The monoisotopic (exact) mass is 316 g/mol. The fourth-order valence-electron chi connectivity index (χ4n) is 1.49. The van der Waals surface area contributed by atoms with Crippen LogP contribution in [-0.4, -0.2) is 28.5 Å². The Bertz CT molecular complexity index is 743. The molecular weight excluding hydrogens is 308 g/mol. The van der Waals surface area contributed by atoms with Gasteiger partial charge in [0.15, 0.2) is 12.3 Å². The van der Waals surface area contributed by atoms with Gasteiger partial charge in [-0.2, -0.15) is 5.26 Å². The van der Waals surface area contributed by atoms with E-state index >= 15 is 0 Å². The van der Waals surface area contributed by atoms with Crippen LogP contribution in [0.25, 0.3) is 0 Å². The van der Waals surface area contributed by atoms with Gasteiger partial charge >= 0.3 is 5.97 Å². The Labute approximate surface area is 130 Å². The molecule has 1 heterocycles. The van der Waals surface area contributed by atoms with Gasteiger partial charge in [-0.1, -0.05) is 11.6 Å². The Morgan fingerprint density at radius 1 is 1.36 bits per heavy atom. The summed E-state index contributed by atoms with van der Waals surface area (Å²) in [6, 6.07) is 6.34. The van der Waals surface area contributed by atoms with E-state index in [2.05, 4.69) is 15.3 Å². The minimum Gasteiger partial charge on any atom is -0.451 e. The van der Waals surface area contributed by atoms with Crippen molar-refractivity contribution in [3.63, 3.8) is 0 Å². The maximum absolute atomic E-state index is 11.7. The summed E-state index contributed by atoms with van der Waals surface area (Å²) in [6.07, 6.45) is 3.99. The van der Waals surface area contributed by atoms with Crippen molar-refractivity contribution < 1.29 is 14.3 Å². The molecule has 0 fully saturated rings. The number of carbonyl (C=O) groups is 2. The van der Waals surface area contributed by atoms with Gasteiger partial charge in [0.1, 0.15) is 6.07 Å². The first-order valence-electron chi connectivity index (χ1n) is 6.03. The Morgan fingerprint density at radius 3 is 2.82 bits per heavy atom. The third kappa shape index (κ3) is 4.01. The number of carbonyl (C=O) groups excluding carboxylic acids is 2. The van der Waals surface area contributed by atoms with Crippen molar-refractivity contribution >= 4 is 29.2 Å². The topological polar surface area (TPSA) is 105 Å². The molecular formula is C14H9ClN4O3. The molecule has 1 aromatic heterocycles. The van der Waals surface area contributed by atoms with E-state index < -0.39 is 18.5 Å². The Hall–Kier alpha value is -2.98. The van der Waals surface area contributed by atoms with E-state index in [0.717, 1.165) is 0 Å². The maximum Gasteiger partial charge on any atom is 0.359 e. The number of hydrogen-bond donors (Lipinski definition) is 1. The second-order valence-corrected chi connectivity index (χ2v) is 4.43. The highest BCUT2D eigenvalue weighted by atomic mass is 35.5. The molecule has 0 atom stereocenters. The van der Waals surface area contributed by atoms with Gasteiger partial charge in [-0.25, -0.2) is 9.78 Å². The molecule has 22 heavy (non-hydrogen) atoms. The zero-order chi connectivity index (χ0) is 15.9. The molecule has 0 aliphatic rings. The fraction of sp³-hybridized carbons (Fsp3) is 0.0714. The lowest BCUT2D eigenvalue weighted by Crippen LogP contribution is -2.21. The number of halogens is 1. The first kappa shape index (κ1) is 15.4. The van der Waals surface area contributed by atoms with E-state index in [1.807, 2.05) is 6.07 Å². The van der Waals surface area contributed by atoms with Crippen LogP contribution in [0, 0.1) is 11.3 Å². The molecule has 0 unspecified atom stereocenters. The number of benzene rings is 1. The first-order valence-corrected chi connectivity index (χ1v) is 6.40. The van der Waals surface area contributed by atoms with Crippen LogP contribution in [0.5, 0.6) is 0 Å². The van der Waals surface area contributed by atoms with Crippen LogP contribution in [0.4, 0.5) is 5.69 Å². The average molecular weight is 317 g/mol. The number of amides is 1. The molecule has 1 aromatic carbocycles. The van der Waals surface area contributed by atoms with Crippen LogP contribution in [0.2, 0.25) is 5.02 Å². The molecule has 0 saturated heterocycles. The number of nitrogens with one attached hydrogen (secondary N) is 1. The Balaban J connectivity index is 1.90. The van der Waals surface area contributed by atoms with Crippen LogP contribution in [-0.2, 0) is 9.53 Å². The molecule has 2 rings (SSSR count). The third-order valence-corrected chi connectivity index (χ3v) is 2.79. The fourth-order valence-corrected chi connectivity index (χ4v) is 1.71. The van der Waals surface area contributed by atoms with Crippen LogP contribution in [0.15, 0.2) is 36.8 Å². The third-order valence-electron chi connectivity index (χ3n) is 2.48. The predicted octanol–water partition coefficient (Wildman–Crippen LogP) is 1.80. The average Bonchev–Trinajstić information content (AvgIpc) is 2.53. The maximum atomic E-state index is 11.7. The molecule has 7 nitrogen and oxygen atoms in total. The molecule has 0 radical (unpaired) electrons. The lowest BCUT2D eigenvalue weighted by molar-refractivity contribution is -0.119. The second kappa shape index (κ2) is 7.15. The molecule has 2 aromatic rings. The van der Waals surface area contributed by atoms with Gasteiger partial charge in [-0.3, -0.25) is 9.78 Å². The summed E-state index contributed by atoms with van der Waals surface area (Å²) in [4.78, 5) is 30.7. The van der Waals surface area contributed by atoms with Crippen LogP contribution >= 0.6 is 11.6 Å². The van der Waals surface area contributed by atoms with Gasteiger partial charge < -0.3 is 10.1 Å². The minimum absolute atomic E-state index is 0.0108. The molecule has 0 bridgehead atoms. The Morgan fingerprint density at radius 2 is 2.18 bits per heavy atom. The van der Waals surface area contributed by atoms with Gasteiger partial charge in [0.2, 0.25) is 0 Å². The number of aromatic nitrogens is 2. The SMILES string of the molecule is N#Cc1ccc(NC(=O)COC(=O)c2cnccn2)cc1Cl. The summed E-state index contributed by atoms with van der Waals surface area (Å²) in [5.74, 6) is -1.29. The van der Waals surface area contributed by atoms with Crippen molar-refractivity contribution in [1.29, 1.82) is 5.26 Å². The largest absolute Gasteiger partial charge is 0.451 e. The van der Waals surface area contributed by atoms with Crippen LogP contribution in [0.1, 0.15) is 16.1 Å². The number of nitrogens with zero attached hydrogens (tertiary/aromatic N) is 3. The lowest BCUT2D eigenvalue weighted by atomic mass is 10.2. The van der Waals surface area contributed by atoms with Crippen molar-refractivity contribution in [3.8, 4) is 6.07 Å². The minimum atomic E-state index is -0.749. The summed E-state index contributed by atoms with van der Waals surface area (Å²) in [5, 5.41) is 11.5. The van der Waals surface area contributed by atoms with E-state index in [1.165, 1.54) is 36.8 Å². The highest BCUT2D eigenvalue weighted by Gasteiger charge is 2.12. The summed E-state index contributed by atoms with van der Waals surface area (Å²) < 4.78 is 4.80. The van der Waals surface area contributed by atoms with Crippen LogP contribution < -0.4 is 5.32 Å². The number of ether oxygens (including phenoxy) is 1. The highest BCUT2D eigenvalue weighted by molar-refractivity contribution is 6.32. The summed E-state index contributed by atoms with van der Waals surface area (Å²) in [6.45, 7) is -0.479. The summed E-state index contributed by atoms with van der Waals surface area (Å²) in [5.41, 5.74) is 0.704. The van der Waals surface area contributed by atoms with Gasteiger partial charge in [0, 0.05) is 18.1 Å². The number of rotatable bonds is 4. The highest BCUT2D eigenvalue weighted by Crippen LogP contribution is 2.20. The van der Waals surface area contributed by atoms with Crippen molar-refractivity contribution in [2.45, 2.75) is 0 Å². The Kier molecular flexibility index (Phi) is 5.01. The molecule has 1 amide bonds. The van der Waals surface area contributed by atoms with Crippen molar-refractivity contribution in [3.05, 3.63) is 53.1 Å². The van der Waals surface area contributed by atoms with Gasteiger partial charge in [0.05, 0.1) is 16.8 Å². The molecule has 0 saturated carbocycles. The number of esters is 1. The lowest BCUT2D eigenvalue weighted by Gasteiger charge is -2.07. The quantitative estimate of drug-likeness (QED) is 0.862. The van der Waals surface area contributed by atoms with E-state index in [0.29, 0.717) is 11.3 Å². The van der Waals surface area contributed by atoms with E-state index in [1.54, 1.807) is 0 Å². The molecule has 110 valence electrons. The normalized spacial score (nSPS) is 9.64. The number of nitriles is 1. The molecule has 8 heteroatoms. The van der Waals surface area contributed by atoms with E-state index in [-0.39, 0.29) is 10.7 Å². The van der Waals surface area contributed by atoms with E-state index in [4.69, 9.17) is 21.6 Å². The number of anilines is 1. The van der Waals surface area contributed by atoms with Crippen molar-refractivity contribution in [2.75, 3.05) is 11.9 Å². The molecule has 0 aliphatic carbocycles. The number of hydrogen-bond acceptors (Lipinski definition) is 6. The van der Waals surface area contributed by atoms with Gasteiger partial charge in [-0.15, -0.1) is 0 Å². The van der Waals surface area contributed by atoms with E-state index in [9.17, 15) is 9.59 Å². The summed E-state index contributed by atoms with van der Waals surface area (Å²) >= 11 is 5.85. The van der Waals surface area contributed by atoms with Crippen molar-refractivity contribution in [1.82, 2.24) is 9.97 Å². The zero-order valence-corrected chi connectivity index (χ0v) is 11.9. The second-order valence-electron chi connectivity index (χ2n) is 4.02. The van der Waals surface area contributed by atoms with Crippen LogP contribution in [0.3, 0.4) is 0 Å². The molecule has 1 N–H and O–H groups in total. The molecule has 0 aliphatic heterocycles. The standard InChI is InChI=1S/C14H9ClN4O3/c15-11-5-10(2-1-9(11)6-16)19-13(20)8-22-14(21)12-7-17-3-4-18-12/h1-5,7H,8H2,(H,19,20).